The summed E-state index contributed by atoms with van der Waals surface area (Å²) in [7, 11) is 0. The lowest BCUT2D eigenvalue weighted by molar-refractivity contribution is -0.137. The Kier molecular flexibility index (Phi) is 7.33. The summed E-state index contributed by atoms with van der Waals surface area (Å²) in [5, 5.41) is 20.6. The lowest BCUT2D eigenvalue weighted by Crippen LogP contribution is -2.14. The number of nitrogens with one attached hydrogen (secondary N) is 1. The van der Waals surface area contributed by atoms with Gasteiger partial charge < -0.3 is 15.2 Å². The zero-order valence-corrected chi connectivity index (χ0v) is 17.5. The van der Waals surface area contributed by atoms with Crippen molar-refractivity contribution in [2.24, 2.45) is 0 Å². The van der Waals surface area contributed by atoms with E-state index in [-0.39, 0.29) is 23.4 Å². The normalized spacial score (nSPS) is 11.4. The number of carboxylic acid groups (broad SMARTS) is 1. The highest BCUT2D eigenvalue weighted by atomic mass is 19.4. The first-order valence-corrected chi connectivity index (χ1v) is 9.81. The van der Waals surface area contributed by atoms with Crippen molar-refractivity contribution in [2.75, 3.05) is 5.32 Å². The maximum Gasteiger partial charge on any atom is 0.416 e. The molecule has 0 spiro atoms. The summed E-state index contributed by atoms with van der Waals surface area (Å²) in [6.07, 6.45) is -3.27. The molecular weight excluding hydrogens is 449 g/mol. The molecule has 9 heteroatoms. The van der Waals surface area contributed by atoms with Crippen LogP contribution in [-0.4, -0.2) is 17.0 Å². The van der Waals surface area contributed by atoms with E-state index in [2.05, 4.69) is 5.32 Å². The van der Waals surface area contributed by atoms with Crippen molar-refractivity contribution in [3.8, 4) is 11.8 Å². The first-order chi connectivity index (χ1) is 16.2. The number of carbonyl (C=O) groups excluding carboxylic acids is 1. The van der Waals surface area contributed by atoms with E-state index >= 15 is 0 Å². The van der Waals surface area contributed by atoms with Crippen LogP contribution < -0.4 is 10.1 Å². The Hall–Kier alpha value is -4.58. The monoisotopic (exact) mass is 466 g/mol. The van der Waals surface area contributed by atoms with Gasteiger partial charge in [0, 0.05) is 5.69 Å². The predicted molar refractivity (Wildman–Crippen MR) is 118 cm³/mol. The summed E-state index contributed by atoms with van der Waals surface area (Å²) < 4.78 is 44.3. The van der Waals surface area contributed by atoms with Gasteiger partial charge in [0.1, 0.15) is 24.0 Å². The Bertz CT molecular complexity index is 1280. The van der Waals surface area contributed by atoms with Crippen molar-refractivity contribution in [1.29, 1.82) is 5.26 Å². The highest BCUT2D eigenvalue weighted by Gasteiger charge is 2.30. The van der Waals surface area contributed by atoms with Gasteiger partial charge >= 0.3 is 12.1 Å². The smallest absolute Gasteiger partial charge is 0.416 e. The van der Waals surface area contributed by atoms with Crippen LogP contribution >= 0.6 is 0 Å². The van der Waals surface area contributed by atoms with Crippen LogP contribution in [-0.2, 0) is 17.6 Å². The molecule has 0 aromatic heterocycles. The lowest BCUT2D eigenvalue weighted by Gasteiger charge is -2.10. The molecule has 0 fully saturated rings. The van der Waals surface area contributed by atoms with Gasteiger partial charge in [0.25, 0.3) is 5.91 Å². The highest BCUT2D eigenvalue weighted by Crippen LogP contribution is 2.30. The summed E-state index contributed by atoms with van der Waals surface area (Å²) in [5.41, 5.74) is 0.0444. The number of alkyl halides is 3. The fraction of sp³-hybridized carbons (Fsp3) is 0.0800. The molecule has 0 saturated heterocycles. The fourth-order valence-electron chi connectivity index (χ4n) is 2.89. The largest absolute Gasteiger partial charge is 0.489 e. The molecule has 0 radical (unpaired) electrons. The van der Waals surface area contributed by atoms with E-state index in [1.807, 2.05) is 0 Å². The number of hydrogen-bond acceptors (Lipinski definition) is 4. The van der Waals surface area contributed by atoms with Gasteiger partial charge in [-0.2, -0.15) is 18.4 Å². The molecule has 2 N–H and O–H groups in total. The van der Waals surface area contributed by atoms with Crippen LogP contribution in [0.5, 0.6) is 5.75 Å². The molecule has 172 valence electrons. The molecule has 34 heavy (non-hydrogen) atoms. The van der Waals surface area contributed by atoms with Gasteiger partial charge in [-0.1, -0.05) is 30.3 Å². The van der Waals surface area contributed by atoms with Gasteiger partial charge in [-0.25, -0.2) is 4.79 Å². The van der Waals surface area contributed by atoms with Crippen LogP contribution in [0.15, 0.2) is 78.4 Å². The van der Waals surface area contributed by atoms with Gasteiger partial charge in [0.15, 0.2) is 0 Å². The maximum atomic E-state index is 12.9. The van der Waals surface area contributed by atoms with Crippen LogP contribution in [0.1, 0.15) is 27.0 Å². The minimum Gasteiger partial charge on any atom is -0.489 e. The second kappa shape index (κ2) is 10.4. The summed E-state index contributed by atoms with van der Waals surface area (Å²) in [6, 6.07) is 18.5. The number of hydrogen-bond donors (Lipinski definition) is 2. The summed E-state index contributed by atoms with van der Waals surface area (Å²) in [6.45, 7) is 0.161. The Morgan fingerprint density at radius 3 is 2.38 bits per heavy atom. The Balaban J connectivity index is 1.70. The quantitative estimate of drug-likeness (QED) is 0.352. The van der Waals surface area contributed by atoms with Crippen LogP contribution in [0, 0.1) is 11.3 Å². The molecule has 0 aliphatic rings. The molecule has 3 aromatic carbocycles. The number of carbonyl (C=O) groups is 2. The number of nitriles is 1. The van der Waals surface area contributed by atoms with Crippen molar-refractivity contribution >= 4 is 23.6 Å². The molecule has 1 amide bonds. The van der Waals surface area contributed by atoms with E-state index in [4.69, 9.17) is 9.84 Å². The third-order valence-electron chi connectivity index (χ3n) is 4.59. The molecule has 0 aliphatic carbocycles. The van der Waals surface area contributed by atoms with Gasteiger partial charge in [-0.05, 0) is 59.7 Å². The van der Waals surface area contributed by atoms with E-state index in [1.54, 1.807) is 42.5 Å². The first-order valence-electron chi connectivity index (χ1n) is 9.81. The van der Waals surface area contributed by atoms with Crippen LogP contribution in [0.2, 0.25) is 0 Å². The maximum absolute atomic E-state index is 12.9. The molecule has 0 aliphatic heterocycles. The number of halogens is 3. The number of rotatable bonds is 7. The number of nitrogens with zero attached hydrogens (tertiary/aromatic N) is 1. The zero-order chi connectivity index (χ0) is 24.7. The molecule has 0 bridgehead atoms. The van der Waals surface area contributed by atoms with Crippen LogP contribution in [0.4, 0.5) is 18.9 Å². The lowest BCUT2D eigenvalue weighted by atomic mass is 10.1. The number of amides is 1. The predicted octanol–water partition coefficient (Wildman–Crippen LogP) is 5.53. The van der Waals surface area contributed by atoms with Crippen molar-refractivity contribution in [1.82, 2.24) is 0 Å². The zero-order valence-electron chi connectivity index (χ0n) is 17.5. The van der Waals surface area contributed by atoms with E-state index < -0.39 is 23.6 Å². The molecule has 6 nitrogen and oxygen atoms in total. The third-order valence-corrected chi connectivity index (χ3v) is 4.59. The fourth-order valence-corrected chi connectivity index (χ4v) is 2.89. The van der Waals surface area contributed by atoms with Crippen LogP contribution in [0.3, 0.4) is 0 Å². The van der Waals surface area contributed by atoms with Gasteiger partial charge in [-0.15, -0.1) is 0 Å². The second-order valence-electron chi connectivity index (χ2n) is 7.07. The average Bonchev–Trinajstić information content (AvgIpc) is 2.81. The molecule has 0 unspecified atom stereocenters. The van der Waals surface area contributed by atoms with E-state index in [0.717, 1.165) is 23.8 Å². The third kappa shape index (κ3) is 6.46. The Labute approximate surface area is 192 Å². The number of benzene rings is 3. The highest BCUT2D eigenvalue weighted by molar-refractivity contribution is 6.09. The Morgan fingerprint density at radius 2 is 1.74 bits per heavy atom. The minimum atomic E-state index is -4.56. The number of anilines is 1. The van der Waals surface area contributed by atoms with Gasteiger partial charge in [-0.3, -0.25) is 4.79 Å². The number of carboxylic acids is 1. The van der Waals surface area contributed by atoms with E-state index in [1.165, 1.54) is 24.3 Å². The van der Waals surface area contributed by atoms with Gasteiger partial charge in [0.05, 0.1) is 11.1 Å². The minimum absolute atomic E-state index is 0.0908. The standard InChI is InChI=1S/C25H17F3N2O4/c26-25(27,28)20-4-2-5-21(13-20)30-23(31)19(14-29)11-17-3-1-6-22(12-17)34-15-16-7-9-18(10-8-16)24(32)33/h1-13H,15H2,(H,30,31)(H,32,33)/b19-11-. The molecule has 0 saturated carbocycles. The van der Waals surface area contributed by atoms with Crippen molar-refractivity contribution in [2.45, 2.75) is 12.8 Å². The second-order valence-corrected chi connectivity index (χ2v) is 7.07. The summed E-state index contributed by atoms with van der Waals surface area (Å²) in [4.78, 5) is 23.3. The van der Waals surface area contributed by atoms with Gasteiger partial charge in [0.2, 0.25) is 0 Å². The topological polar surface area (TPSA) is 99.4 Å². The molecule has 3 aromatic rings. The molecule has 0 atom stereocenters. The first kappa shape index (κ1) is 24.1. The SMILES string of the molecule is N#C/C(=C/c1cccc(OCc2ccc(C(=O)O)cc2)c1)C(=O)Nc1cccc(C(F)(F)F)c1. The summed E-state index contributed by atoms with van der Waals surface area (Å²) >= 11 is 0. The Morgan fingerprint density at radius 1 is 1.03 bits per heavy atom. The van der Waals surface area contributed by atoms with Crippen LogP contribution in [0.25, 0.3) is 6.08 Å². The van der Waals surface area contributed by atoms with E-state index in [9.17, 15) is 28.0 Å². The molecule has 0 heterocycles. The summed E-state index contributed by atoms with van der Waals surface area (Å²) in [5.74, 6) is -1.45. The van der Waals surface area contributed by atoms with Crippen molar-refractivity contribution in [3.63, 3.8) is 0 Å². The van der Waals surface area contributed by atoms with Crippen molar-refractivity contribution in [3.05, 3.63) is 101 Å². The van der Waals surface area contributed by atoms with Crippen molar-refractivity contribution < 1.29 is 32.6 Å². The average molecular weight is 466 g/mol. The number of ether oxygens (including phenoxy) is 1. The molecular formula is C25H17F3N2O4. The molecule has 3 rings (SSSR count). The number of aromatic carboxylic acids is 1. The van der Waals surface area contributed by atoms with E-state index in [0.29, 0.717) is 11.3 Å².